The number of ether oxygens (including phenoxy) is 1. The Balaban J connectivity index is 1.42. The summed E-state index contributed by atoms with van der Waals surface area (Å²) < 4.78 is 5.25. The van der Waals surface area contributed by atoms with Gasteiger partial charge in [-0.2, -0.15) is 5.10 Å². The zero-order valence-corrected chi connectivity index (χ0v) is 17.8. The minimum atomic E-state index is -0.809. The summed E-state index contributed by atoms with van der Waals surface area (Å²) in [5.74, 6) is 0.0186. The van der Waals surface area contributed by atoms with Crippen molar-refractivity contribution in [3.8, 4) is 5.75 Å². The van der Waals surface area contributed by atoms with Crippen LogP contribution in [-0.2, 0) is 9.59 Å². The number of hydrogen-bond donors (Lipinski definition) is 1. The van der Waals surface area contributed by atoms with Gasteiger partial charge in [-0.1, -0.05) is 42.5 Å². The van der Waals surface area contributed by atoms with E-state index in [4.69, 9.17) is 4.74 Å². The lowest BCUT2D eigenvalue weighted by Crippen LogP contribution is -2.53. The average molecular weight is 432 g/mol. The van der Waals surface area contributed by atoms with Crippen LogP contribution in [0.3, 0.4) is 0 Å². The predicted molar refractivity (Wildman–Crippen MR) is 117 cm³/mol. The molecule has 0 radical (unpaired) electrons. The third-order valence-corrected chi connectivity index (χ3v) is 6.52. The smallest absolute Gasteiger partial charge is 0.325 e. The second kappa shape index (κ2) is 7.78. The number of hydrogen-bond acceptors (Lipinski definition) is 5. The zero-order valence-electron chi connectivity index (χ0n) is 17.8. The van der Waals surface area contributed by atoms with E-state index in [1.165, 1.54) is 5.01 Å². The van der Waals surface area contributed by atoms with Gasteiger partial charge in [0.25, 0.3) is 11.8 Å². The summed E-state index contributed by atoms with van der Waals surface area (Å²) >= 11 is 0. The van der Waals surface area contributed by atoms with Gasteiger partial charge in [0.1, 0.15) is 17.8 Å². The number of nitrogens with one attached hydrogen (secondary N) is 1. The molecule has 32 heavy (non-hydrogen) atoms. The Kier molecular flexibility index (Phi) is 4.92. The van der Waals surface area contributed by atoms with Crippen LogP contribution in [0.5, 0.6) is 5.75 Å². The van der Waals surface area contributed by atoms with Crippen LogP contribution in [0.2, 0.25) is 0 Å². The molecule has 8 nitrogen and oxygen atoms in total. The molecule has 0 bridgehead atoms. The maximum atomic E-state index is 13.3. The van der Waals surface area contributed by atoms with Gasteiger partial charge in [-0.25, -0.2) is 9.80 Å². The number of imide groups is 1. The van der Waals surface area contributed by atoms with E-state index in [0.717, 1.165) is 33.9 Å². The molecule has 1 N–H and O–H groups in total. The van der Waals surface area contributed by atoms with E-state index in [0.29, 0.717) is 19.3 Å². The maximum absolute atomic E-state index is 13.3. The minimum absolute atomic E-state index is 0.311. The van der Waals surface area contributed by atoms with E-state index in [9.17, 15) is 14.4 Å². The molecular formula is C24H24N4O4. The molecule has 2 aromatic carbocycles. The van der Waals surface area contributed by atoms with Crippen LogP contribution in [0.4, 0.5) is 4.79 Å². The molecule has 1 unspecified atom stereocenters. The third-order valence-electron chi connectivity index (χ3n) is 6.52. The van der Waals surface area contributed by atoms with Crippen molar-refractivity contribution in [2.45, 2.75) is 37.3 Å². The van der Waals surface area contributed by atoms with E-state index < -0.39 is 17.5 Å². The van der Waals surface area contributed by atoms with Gasteiger partial charge in [0.2, 0.25) is 0 Å². The van der Waals surface area contributed by atoms with Crippen molar-refractivity contribution in [3.05, 3.63) is 65.7 Å². The summed E-state index contributed by atoms with van der Waals surface area (Å²) in [5.41, 5.74) is 1.81. The van der Waals surface area contributed by atoms with E-state index >= 15 is 0 Å². The summed E-state index contributed by atoms with van der Waals surface area (Å²) in [6, 6.07) is 16.4. The number of carbonyl (C=O) groups is 3. The molecule has 2 heterocycles. The first-order valence-electron chi connectivity index (χ1n) is 10.7. The Labute approximate surface area is 185 Å². The van der Waals surface area contributed by atoms with Crippen LogP contribution < -0.4 is 10.1 Å². The molecule has 2 fully saturated rings. The van der Waals surface area contributed by atoms with E-state index in [-0.39, 0.29) is 18.5 Å². The predicted octanol–water partition coefficient (Wildman–Crippen LogP) is 2.85. The number of urea groups is 1. The van der Waals surface area contributed by atoms with E-state index in [2.05, 4.69) is 10.4 Å². The molecule has 164 valence electrons. The van der Waals surface area contributed by atoms with Crippen LogP contribution in [0.25, 0.3) is 0 Å². The second-order valence-corrected chi connectivity index (χ2v) is 8.40. The summed E-state index contributed by atoms with van der Waals surface area (Å²) in [7, 11) is 1.60. The Morgan fingerprint density at radius 1 is 1.12 bits per heavy atom. The zero-order chi connectivity index (χ0) is 22.3. The van der Waals surface area contributed by atoms with Gasteiger partial charge in [-0.05, 0) is 42.5 Å². The molecule has 2 aliphatic heterocycles. The molecular weight excluding hydrogens is 408 g/mol. The SMILES string of the molecule is COc1ccc(C2CC(c3ccccc3)=NN2C(=O)CN2C(=O)NC3(CCC3)C2=O)cc1. The van der Waals surface area contributed by atoms with Gasteiger partial charge < -0.3 is 10.1 Å². The van der Waals surface area contributed by atoms with Crippen molar-refractivity contribution in [1.82, 2.24) is 15.2 Å². The number of methoxy groups -OCH3 is 1. The second-order valence-electron chi connectivity index (χ2n) is 8.40. The number of carbonyl (C=O) groups excluding carboxylic acids is 3. The fraction of sp³-hybridized carbons (Fsp3) is 0.333. The van der Waals surface area contributed by atoms with Gasteiger partial charge in [0.05, 0.1) is 18.9 Å². The van der Waals surface area contributed by atoms with Crippen molar-refractivity contribution >= 4 is 23.6 Å². The summed E-state index contributed by atoms with van der Waals surface area (Å²) in [6.45, 7) is -0.329. The first-order chi connectivity index (χ1) is 15.5. The average Bonchev–Trinajstić information content (AvgIpc) is 3.35. The Bertz CT molecular complexity index is 1090. The number of amides is 4. The summed E-state index contributed by atoms with van der Waals surface area (Å²) in [6.07, 6.45) is 2.67. The topological polar surface area (TPSA) is 91.3 Å². The van der Waals surface area contributed by atoms with Crippen molar-refractivity contribution in [2.75, 3.05) is 13.7 Å². The van der Waals surface area contributed by atoms with E-state index in [1.807, 2.05) is 54.6 Å². The lowest BCUT2D eigenvalue weighted by molar-refractivity contribution is -0.141. The van der Waals surface area contributed by atoms with Gasteiger partial charge in [-0.3, -0.25) is 14.5 Å². The molecule has 1 spiro atoms. The fourth-order valence-electron chi connectivity index (χ4n) is 4.53. The highest BCUT2D eigenvalue weighted by molar-refractivity contribution is 6.10. The van der Waals surface area contributed by atoms with Crippen molar-refractivity contribution < 1.29 is 19.1 Å². The molecule has 1 aliphatic carbocycles. The molecule has 1 saturated heterocycles. The summed E-state index contributed by atoms with van der Waals surface area (Å²) in [5, 5.41) is 8.80. The minimum Gasteiger partial charge on any atom is -0.497 e. The highest BCUT2D eigenvalue weighted by atomic mass is 16.5. The van der Waals surface area contributed by atoms with Crippen molar-refractivity contribution in [1.29, 1.82) is 0 Å². The largest absolute Gasteiger partial charge is 0.497 e. The normalized spacial score (nSPS) is 21.4. The van der Waals surface area contributed by atoms with Crippen LogP contribution in [0.15, 0.2) is 59.7 Å². The van der Waals surface area contributed by atoms with Crippen LogP contribution >= 0.6 is 0 Å². The van der Waals surface area contributed by atoms with Crippen LogP contribution in [0, 0.1) is 0 Å². The fourth-order valence-corrected chi connectivity index (χ4v) is 4.53. The van der Waals surface area contributed by atoms with Crippen molar-refractivity contribution in [2.24, 2.45) is 5.10 Å². The Hall–Kier alpha value is -3.68. The van der Waals surface area contributed by atoms with E-state index in [1.54, 1.807) is 7.11 Å². The summed E-state index contributed by atoms with van der Waals surface area (Å²) in [4.78, 5) is 39.6. The first-order valence-corrected chi connectivity index (χ1v) is 10.7. The van der Waals surface area contributed by atoms with Crippen molar-refractivity contribution in [3.63, 3.8) is 0 Å². The molecule has 3 aliphatic rings. The van der Waals surface area contributed by atoms with Gasteiger partial charge in [0, 0.05) is 6.42 Å². The maximum Gasteiger partial charge on any atom is 0.325 e. The van der Waals surface area contributed by atoms with Gasteiger partial charge in [0.15, 0.2) is 0 Å². The van der Waals surface area contributed by atoms with Gasteiger partial charge in [-0.15, -0.1) is 0 Å². The molecule has 8 heteroatoms. The number of nitrogens with zero attached hydrogens (tertiary/aromatic N) is 3. The Morgan fingerprint density at radius 2 is 1.84 bits per heavy atom. The quantitative estimate of drug-likeness (QED) is 0.736. The van der Waals surface area contributed by atoms with Crippen LogP contribution in [-0.4, -0.2) is 52.7 Å². The van der Waals surface area contributed by atoms with Crippen LogP contribution in [0.1, 0.15) is 42.9 Å². The third kappa shape index (κ3) is 3.32. The molecule has 1 saturated carbocycles. The molecule has 5 rings (SSSR count). The molecule has 1 atom stereocenters. The monoisotopic (exact) mass is 432 g/mol. The number of benzene rings is 2. The standard InChI is InChI=1S/C24H24N4O4/c1-32-18-10-8-17(9-11-18)20-14-19(16-6-3-2-4-7-16)26-28(20)21(29)15-27-22(30)24(12-5-13-24)25-23(27)31/h2-4,6-11,20H,5,12-15H2,1H3,(H,25,31). The lowest BCUT2D eigenvalue weighted by atomic mass is 9.77. The molecule has 0 aromatic heterocycles. The first kappa shape index (κ1) is 20.2. The molecule has 2 aromatic rings. The lowest BCUT2D eigenvalue weighted by Gasteiger charge is -2.35. The molecule has 4 amide bonds. The highest BCUT2D eigenvalue weighted by Gasteiger charge is 2.55. The van der Waals surface area contributed by atoms with Gasteiger partial charge >= 0.3 is 6.03 Å². The highest BCUT2D eigenvalue weighted by Crippen LogP contribution is 2.38. The Morgan fingerprint density at radius 3 is 2.44 bits per heavy atom. The number of hydrazone groups is 1. The number of rotatable bonds is 5.